The first-order valence-electron chi connectivity index (χ1n) is 7.82. The minimum Gasteiger partial charge on any atom is -0.469 e. The number of esters is 1. The summed E-state index contributed by atoms with van der Waals surface area (Å²) in [6.07, 6.45) is 3.37. The van der Waals surface area contributed by atoms with Crippen LogP contribution in [0.3, 0.4) is 0 Å². The first-order valence-corrected chi connectivity index (χ1v) is 7.82. The average Bonchev–Trinajstić information content (AvgIpc) is 2.46. The third-order valence-corrected chi connectivity index (χ3v) is 4.61. The highest BCUT2D eigenvalue weighted by atomic mass is 16.5. The number of hydrogen-bond donors (Lipinski definition) is 0. The second-order valence-corrected chi connectivity index (χ2v) is 6.52. The molecule has 0 N–H and O–H groups in total. The van der Waals surface area contributed by atoms with E-state index in [1.54, 1.807) is 0 Å². The van der Waals surface area contributed by atoms with E-state index >= 15 is 0 Å². The van der Waals surface area contributed by atoms with Gasteiger partial charge in [0.05, 0.1) is 13.0 Å². The molecule has 1 aromatic carbocycles. The van der Waals surface area contributed by atoms with Crippen LogP contribution < -0.4 is 0 Å². The molecule has 3 unspecified atom stereocenters. The predicted octanol–water partition coefficient (Wildman–Crippen LogP) is 3.23. The number of hydrogen-bond acceptors (Lipinski definition) is 3. The third-order valence-electron chi connectivity index (χ3n) is 4.61. The van der Waals surface area contributed by atoms with Crippen molar-refractivity contribution < 1.29 is 9.53 Å². The van der Waals surface area contributed by atoms with E-state index in [1.807, 2.05) is 0 Å². The van der Waals surface area contributed by atoms with Gasteiger partial charge in [0.2, 0.25) is 0 Å². The molecule has 0 aliphatic heterocycles. The molecule has 3 atom stereocenters. The van der Waals surface area contributed by atoms with E-state index in [0.717, 1.165) is 19.4 Å². The van der Waals surface area contributed by atoms with Gasteiger partial charge in [-0.05, 0) is 51.3 Å². The van der Waals surface area contributed by atoms with Crippen molar-refractivity contribution in [2.24, 2.45) is 11.8 Å². The molecule has 3 heteroatoms. The van der Waals surface area contributed by atoms with Crippen LogP contribution in [0.1, 0.15) is 36.3 Å². The number of aryl methyl sites for hydroxylation is 1. The zero-order chi connectivity index (χ0) is 15.4. The van der Waals surface area contributed by atoms with Crippen molar-refractivity contribution in [2.75, 3.05) is 27.7 Å². The molecule has 0 aromatic heterocycles. The highest BCUT2D eigenvalue weighted by Gasteiger charge is 2.39. The largest absolute Gasteiger partial charge is 0.469 e. The summed E-state index contributed by atoms with van der Waals surface area (Å²) in [5.41, 5.74) is 2.54. The van der Waals surface area contributed by atoms with Crippen LogP contribution >= 0.6 is 0 Å². The quantitative estimate of drug-likeness (QED) is 0.797. The highest BCUT2D eigenvalue weighted by molar-refractivity contribution is 5.74. The number of ether oxygens (including phenoxy) is 1. The standard InChI is InChI=1S/C18H27NO2/c1-13-8-10-14(11-9-13)16-7-5-6-15(12-19(2)3)17(16)18(20)21-4/h8-11,15-17H,5-7,12H2,1-4H3. The molecule has 1 aliphatic carbocycles. The van der Waals surface area contributed by atoms with Gasteiger partial charge in [0.1, 0.15) is 0 Å². The summed E-state index contributed by atoms with van der Waals surface area (Å²) < 4.78 is 5.12. The molecular formula is C18H27NO2. The maximum atomic E-state index is 12.4. The second-order valence-electron chi connectivity index (χ2n) is 6.52. The lowest BCUT2D eigenvalue weighted by atomic mass is 9.69. The van der Waals surface area contributed by atoms with Crippen molar-refractivity contribution in [3.05, 3.63) is 35.4 Å². The monoisotopic (exact) mass is 289 g/mol. The molecule has 0 radical (unpaired) electrons. The Morgan fingerprint density at radius 3 is 2.48 bits per heavy atom. The topological polar surface area (TPSA) is 29.5 Å². The molecular weight excluding hydrogens is 262 g/mol. The molecule has 0 saturated heterocycles. The number of benzene rings is 1. The van der Waals surface area contributed by atoms with Gasteiger partial charge in [-0.25, -0.2) is 0 Å². The molecule has 3 nitrogen and oxygen atoms in total. The third kappa shape index (κ3) is 3.85. The summed E-state index contributed by atoms with van der Waals surface area (Å²) in [7, 11) is 5.66. The Bertz CT molecular complexity index is 467. The molecule has 0 spiro atoms. The lowest BCUT2D eigenvalue weighted by Gasteiger charge is -2.38. The van der Waals surface area contributed by atoms with Crippen molar-refractivity contribution in [2.45, 2.75) is 32.1 Å². The van der Waals surface area contributed by atoms with Crippen LogP contribution in [0.4, 0.5) is 0 Å². The average molecular weight is 289 g/mol. The van der Waals surface area contributed by atoms with E-state index < -0.39 is 0 Å². The lowest BCUT2D eigenvalue weighted by Crippen LogP contribution is -2.39. The van der Waals surface area contributed by atoms with Gasteiger partial charge in [0.15, 0.2) is 0 Å². The van der Waals surface area contributed by atoms with E-state index in [9.17, 15) is 4.79 Å². The van der Waals surface area contributed by atoms with Crippen molar-refractivity contribution >= 4 is 5.97 Å². The molecule has 1 aromatic rings. The number of rotatable bonds is 4. The van der Waals surface area contributed by atoms with E-state index in [0.29, 0.717) is 5.92 Å². The molecule has 116 valence electrons. The molecule has 1 saturated carbocycles. The van der Waals surface area contributed by atoms with Gasteiger partial charge in [-0.3, -0.25) is 4.79 Å². The van der Waals surface area contributed by atoms with E-state index in [4.69, 9.17) is 4.74 Å². The fraction of sp³-hybridized carbons (Fsp3) is 0.611. The summed E-state index contributed by atoms with van der Waals surface area (Å²) in [4.78, 5) is 14.5. The summed E-state index contributed by atoms with van der Waals surface area (Å²) >= 11 is 0. The van der Waals surface area contributed by atoms with Crippen LogP contribution in [0, 0.1) is 18.8 Å². The number of nitrogens with zero attached hydrogens (tertiary/aromatic N) is 1. The van der Waals surface area contributed by atoms with Crippen LogP contribution in [0.5, 0.6) is 0 Å². The summed E-state index contributed by atoms with van der Waals surface area (Å²) in [6, 6.07) is 8.63. The number of carbonyl (C=O) groups excluding carboxylic acids is 1. The zero-order valence-electron chi connectivity index (χ0n) is 13.6. The van der Waals surface area contributed by atoms with Gasteiger partial charge >= 0.3 is 5.97 Å². The van der Waals surface area contributed by atoms with Gasteiger partial charge in [-0.2, -0.15) is 0 Å². The smallest absolute Gasteiger partial charge is 0.309 e. The first kappa shape index (κ1) is 16.0. The SMILES string of the molecule is COC(=O)C1C(CN(C)C)CCCC1c1ccc(C)cc1. The Kier molecular flexibility index (Phi) is 5.40. The fourth-order valence-electron chi connectivity index (χ4n) is 3.64. The van der Waals surface area contributed by atoms with E-state index in [-0.39, 0.29) is 17.8 Å². The highest BCUT2D eigenvalue weighted by Crippen LogP contribution is 2.42. The van der Waals surface area contributed by atoms with Crippen LogP contribution in [0.15, 0.2) is 24.3 Å². The summed E-state index contributed by atoms with van der Waals surface area (Å²) in [5, 5.41) is 0. The van der Waals surface area contributed by atoms with Gasteiger partial charge in [-0.1, -0.05) is 36.2 Å². The summed E-state index contributed by atoms with van der Waals surface area (Å²) in [5.74, 6) is 0.602. The second kappa shape index (κ2) is 7.08. The predicted molar refractivity (Wildman–Crippen MR) is 85.3 cm³/mol. The molecule has 0 heterocycles. The number of carbonyl (C=O) groups is 1. The van der Waals surface area contributed by atoms with Gasteiger partial charge in [0.25, 0.3) is 0 Å². The van der Waals surface area contributed by atoms with Crippen LogP contribution in [-0.2, 0) is 9.53 Å². The van der Waals surface area contributed by atoms with Crippen molar-refractivity contribution in [1.82, 2.24) is 4.90 Å². The van der Waals surface area contributed by atoms with Crippen LogP contribution in [-0.4, -0.2) is 38.6 Å². The Morgan fingerprint density at radius 1 is 1.24 bits per heavy atom. The van der Waals surface area contributed by atoms with Crippen molar-refractivity contribution in [3.8, 4) is 0 Å². The summed E-state index contributed by atoms with van der Waals surface area (Å²) in [6.45, 7) is 3.04. The van der Waals surface area contributed by atoms with Gasteiger partial charge < -0.3 is 9.64 Å². The van der Waals surface area contributed by atoms with Gasteiger partial charge in [0, 0.05) is 6.54 Å². The zero-order valence-corrected chi connectivity index (χ0v) is 13.6. The molecule has 2 rings (SSSR count). The van der Waals surface area contributed by atoms with Gasteiger partial charge in [-0.15, -0.1) is 0 Å². The Balaban J connectivity index is 2.28. The maximum Gasteiger partial charge on any atom is 0.309 e. The maximum absolute atomic E-state index is 12.4. The molecule has 1 fully saturated rings. The van der Waals surface area contributed by atoms with Crippen molar-refractivity contribution in [3.63, 3.8) is 0 Å². The minimum atomic E-state index is -0.0490. The molecule has 21 heavy (non-hydrogen) atoms. The Hall–Kier alpha value is -1.35. The van der Waals surface area contributed by atoms with Crippen molar-refractivity contribution in [1.29, 1.82) is 0 Å². The molecule has 0 bridgehead atoms. The Labute approximate surface area is 128 Å². The van der Waals surface area contributed by atoms with Crippen LogP contribution in [0.25, 0.3) is 0 Å². The molecule has 0 amide bonds. The fourth-order valence-corrected chi connectivity index (χ4v) is 3.64. The normalized spacial score (nSPS) is 25.9. The van der Waals surface area contributed by atoms with Crippen LogP contribution in [0.2, 0.25) is 0 Å². The Morgan fingerprint density at radius 2 is 1.90 bits per heavy atom. The van der Waals surface area contributed by atoms with E-state index in [2.05, 4.69) is 50.2 Å². The lowest BCUT2D eigenvalue weighted by molar-refractivity contribution is -0.149. The number of methoxy groups -OCH3 is 1. The van der Waals surface area contributed by atoms with E-state index in [1.165, 1.54) is 24.7 Å². The first-order chi connectivity index (χ1) is 10.0. The minimum absolute atomic E-state index is 0.0196. The molecule has 1 aliphatic rings.